The summed E-state index contributed by atoms with van der Waals surface area (Å²) in [7, 11) is 0. The number of rotatable bonds is 4. The molecule has 0 aliphatic heterocycles. The maximum Gasteiger partial charge on any atom is 0.344 e. The largest absolute Gasteiger partial charge is 0.344 e. The number of benzene rings is 2. The van der Waals surface area contributed by atoms with Crippen molar-refractivity contribution in [3.05, 3.63) is 91.6 Å². The van der Waals surface area contributed by atoms with Gasteiger partial charge in [-0.05, 0) is 92.3 Å². The van der Waals surface area contributed by atoms with E-state index < -0.39 is 11.6 Å². The zero-order valence-electron chi connectivity index (χ0n) is 16.9. The Morgan fingerprint density at radius 1 is 0.893 bits per heavy atom. The molecule has 2 unspecified atom stereocenters. The summed E-state index contributed by atoms with van der Waals surface area (Å²) in [5.41, 5.74) is 6.74. The standard InChI is InChI=1S/C24H22N4/c1-15-16(2)18(4)22(19(5)17(15)3)12-24(14-26,28-7)21-10-8-20(9-11-21)23(13-25)27-6/h8-11,23H,12H2,1-5H3. The Morgan fingerprint density at radius 3 is 1.79 bits per heavy atom. The van der Waals surface area contributed by atoms with Crippen molar-refractivity contribution in [1.29, 1.82) is 10.5 Å². The summed E-state index contributed by atoms with van der Waals surface area (Å²) in [6.07, 6.45) is 0.302. The van der Waals surface area contributed by atoms with Crippen LogP contribution in [-0.4, -0.2) is 0 Å². The fraction of sp³-hybridized carbons (Fsp3) is 0.333. The van der Waals surface area contributed by atoms with Gasteiger partial charge in [-0.3, -0.25) is 9.69 Å². The fourth-order valence-electron chi connectivity index (χ4n) is 3.55. The van der Waals surface area contributed by atoms with Crippen molar-refractivity contribution in [3.63, 3.8) is 0 Å². The molecule has 0 aromatic heterocycles. The van der Waals surface area contributed by atoms with Crippen LogP contribution in [0, 0.1) is 70.4 Å². The SMILES string of the molecule is [C-]#[N+]C(C#N)c1ccc(C(C#N)(Cc2c(C)c(C)c(C)c(C)c2C)[N+]#[C-])cc1. The van der Waals surface area contributed by atoms with Gasteiger partial charge >= 0.3 is 11.6 Å². The summed E-state index contributed by atoms with van der Waals surface area (Å²) < 4.78 is 0. The van der Waals surface area contributed by atoms with E-state index >= 15 is 0 Å². The number of nitriles is 2. The van der Waals surface area contributed by atoms with Gasteiger partial charge in [-0.15, -0.1) is 0 Å². The third-order valence-corrected chi connectivity index (χ3v) is 5.92. The molecule has 0 saturated carbocycles. The van der Waals surface area contributed by atoms with Crippen molar-refractivity contribution >= 4 is 0 Å². The van der Waals surface area contributed by atoms with Crippen LogP contribution in [0.25, 0.3) is 9.69 Å². The second-order valence-electron chi connectivity index (χ2n) is 7.15. The molecule has 0 aliphatic rings. The molecule has 0 spiro atoms. The van der Waals surface area contributed by atoms with Gasteiger partial charge in [0.25, 0.3) is 0 Å². The van der Waals surface area contributed by atoms with Crippen LogP contribution in [0.1, 0.15) is 50.5 Å². The lowest BCUT2D eigenvalue weighted by Gasteiger charge is -2.22. The first-order valence-corrected chi connectivity index (χ1v) is 8.98. The summed E-state index contributed by atoms with van der Waals surface area (Å²) in [6.45, 7) is 25.2. The van der Waals surface area contributed by atoms with E-state index in [1.807, 2.05) is 19.9 Å². The lowest BCUT2D eigenvalue weighted by Crippen LogP contribution is -2.24. The highest BCUT2D eigenvalue weighted by atomic mass is 14.8. The van der Waals surface area contributed by atoms with Gasteiger partial charge in [0.15, 0.2) is 12.1 Å². The van der Waals surface area contributed by atoms with E-state index in [0.29, 0.717) is 17.5 Å². The maximum absolute atomic E-state index is 9.97. The molecular formula is C24H22N4. The highest BCUT2D eigenvalue weighted by Crippen LogP contribution is 2.35. The average molecular weight is 366 g/mol. The van der Waals surface area contributed by atoms with Gasteiger partial charge in [-0.1, -0.05) is 0 Å². The zero-order valence-corrected chi connectivity index (χ0v) is 16.9. The molecule has 0 bridgehead atoms. The van der Waals surface area contributed by atoms with Crippen molar-refractivity contribution in [2.45, 2.75) is 52.6 Å². The Kier molecular flexibility index (Phi) is 5.89. The molecule has 28 heavy (non-hydrogen) atoms. The Morgan fingerprint density at radius 2 is 1.39 bits per heavy atom. The minimum Gasteiger partial charge on any atom is -0.292 e. The Bertz CT molecular complexity index is 1020. The molecule has 2 rings (SSSR count). The third-order valence-electron chi connectivity index (χ3n) is 5.92. The molecule has 0 fully saturated rings. The molecule has 138 valence electrons. The number of hydrogen-bond acceptors (Lipinski definition) is 2. The second-order valence-corrected chi connectivity index (χ2v) is 7.15. The summed E-state index contributed by atoms with van der Waals surface area (Å²) >= 11 is 0. The van der Waals surface area contributed by atoms with Gasteiger partial charge in [-0.25, -0.2) is 13.1 Å². The van der Waals surface area contributed by atoms with Gasteiger partial charge in [0, 0.05) is 5.56 Å². The van der Waals surface area contributed by atoms with E-state index in [1.165, 1.54) is 16.7 Å². The first kappa shape index (κ1) is 20.7. The highest BCUT2D eigenvalue weighted by molar-refractivity contribution is 5.52. The van der Waals surface area contributed by atoms with Gasteiger partial charge < -0.3 is 0 Å². The van der Waals surface area contributed by atoms with Crippen LogP contribution in [0.3, 0.4) is 0 Å². The van der Waals surface area contributed by atoms with Crippen LogP contribution in [0.2, 0.25) is 0 Å². The number of nitrogens with zero attached hydrogens (tertiary/aromatic N) is 4. The first-order valence-electron chi connectivity index (χ1n) is 8.98. The van der Waals surface area contributed by atoms with Crippen LogP contribution in [0.5, 0.6) is 0 Å². The van der Waals surface area contributed by atoms with Gasteiger partial charge in [0.1, 0.15) is 0 Å². The fourth-order valence-corrected chi connectivity index (χ4v) is 3.55. The predicted molar refractivity (Wildman–Crippen MR) is 109 cm³/mol. The normalized spacial score (nSPS) is 13.3. The van der Waals surface area contributed by atoms with Gasteiger partial charge in [-0.2, -0.15) is 10.5 Å². The topological polar surface area (TPSA) is 56.3 Å². The van der Waals surface area contributed by atoms with Crippen molar-refractivity contribution in [1.82, 2.24) is 0 Å². The predicted octanol–water partition coefficient (Wildman–Crippen LogP) is 5.59. The second kappa shape index (κ2) is 7.96. The highest BCUT2D eigenvalue weighted by Gasteiger charge is 2.41. The third kappa shape index (κ3) is 3.34. The van der Waals surface area contributed by atoms with Crippen molar-refractivity contribution in [2.24, 2.45) is 0 Å². The molecule has 0 aliphatic carbocycles. The van der Waals surface area contributed by atoms with E-state index in [9.17, 15) is 5.26 Å². The van der Waals surface area contributed by atoms with E-state index in [1.54, 1.807) is 24.3 Å². The molecule has 4 nitrogen and oxygen atoms in total. The van der Waals surface area contributed by atoms with Crippen LogP contribution in [0.4, 0.5) is 0 Å². The maximum atomic E-state index is 9.97. The number of hydrogen-bond donors (Lipinski definition) is 0. The molecule has 4 heteroatoms. The molecule has 2 aromatic carbocycles. The van der Waals surface area contributed by atoms with E-state index in [0.717, 1.165) is 16.7 Å². The smallest absolute Gasteiger partial charge is 0.292 e. The minimum absolute atomic E-state index is 0.302. The lowest BCUT2D eigenvalue weighted by atomic mass is 9.79. The van der Waals surface area contributed by atoms with E-state index in [4.69, 9.17) is 18.4 Å². The summed E-state index contributed by atoms with van der Waals surface area (Å²) in [4.78, 5) is 7.04. The lowest BCUT2D eigenvalue weighted by molar-refractivity contribution is 0.667. The monoisotopic (exact) mass is 366 g/mol. The molecule has 0 radical (unpaired) electrons. The van der Waals surface area contributed by atoms with E-state index in [2.05, 4.69) is 36.5 Å². The molecule has 0 amide bonds. The molecule has 0 N–H and O–H groups in total. The quantitative estimate of drug-likeness (QED) is 0.662. The van der Waals surface area contributed by atoms with Gasteiger partial charge in [0.05, 0.1) is 12.0 Å². The summed E-state index contributed by atoms with van der Waals surface area (Å²) in [5, 5.41) is 19.0. The van der Waals surface area contributed by atoms with Crippen LogP contribution < -0.4 is 0 Å². The van der Waals surface area contributed by atoms with Crippen molar-refractivity contribution in [2.75, 3.05) is 0 Å². The first-order chi connectivity index (χ1) is 13.3. The van der Waals surface area contributed by atoms with Crippen LogP contribution in [0.15, 0.2) is 24.3 Å². The van der Waals surface area contributed by atoms with Crippen molar-refractivity contribution < 1.29 is 0 Å². The Hall–Kier alpha value is -3.60. The van der Waals surface area contributed by atoms with Crippen LogP contribution >= 0.6 is 0 Å². The minimum atomic E-state index is -1.34. The summed E-state index contributed by atoms with van der Waals surface area (Å²) in [5.74, 6) is 0. The summed E-state index contributed by atoms with van der Waals surface area (Å²) in [6, 6.07) is 10.1. The average Bonchev–Trinajstić information content (AvgIpc) is 2.73. The molecule has 2 atom stereocenters. The molecule has 0 saturated heterocycles. The zero-order chi connectivity index (χ0) is 21.1. The van der Waals surface area contributed by atoms with Gasteiger partial charge in [0.2, 0.25) is 0 Å². The van der Waals surface area contributed by atoms with Crippen molar-refractivity contribution in [3.8, 4) is 12.1 Å². The van der Waals surface area contributed by atoms with Crippen LogP contribution in [-0.2, 0) is 12.0 Å². The molecular weight excluding hydrogens is 344 g/mol. The molecule has 2 aromatic rings. The molecule has 0 heterocycles. The van der Waals surface area contributed by atoms with E-state index in [-0.39, 0.29) is 0 Å². The Labute approximate surface area is 167 Å². The Balaban J connectivity index is 2.59.